The fourth-order valence-electron chi connectivity index (χ4n) is 3.52. The number of hydrogen-bond donors (Lipinski definition) is 0. The van der Waals surface area contributed by atoms with Crippen LogP contribution in [0.25, 0.3) is 10.6 Å². The van der Waals surface area contributed by atoms with Crippen LogP contribution >= 0.6 is 22.7 Å². The Balaban J connectivity index is 1.40. The Hall–Kier alpha value is -2.70. The summed E-state index contributed by atoms with van der Waals surface area (Å²) < 4.78 is 0. The van der Waals surface area contributed by atoms with Gasteiger partial charge in [-0.25, -0.2) is 9.97 Å². The quantitative estimate of drug-likeness (QED) is 0.304. The minimum Gasteiger partial charge on any atom is -0.294 e. The average Bonchev–Trinajstić information content (AvgIpc) is 3.33. The van der Waals surface area contributed by atoms with Crippen LogP contribution in [0.5, 0.6) is 0 Å². The third kappa shape index (κ3) is 5.19. The maximum Gasteiger partial charge on any atom is 0.168 e. The van der Waals surface area contributed by atoms with Gasteiger partial charge in [-0.15, -0.1) is 22.7 Å². The van der Waals surface area contributed by atoms with Crippen LogP contribution in [0, 0.1) is 13.8 Å². The van der Waals surface area contributed by atoms with Crippen molar-refractivity contribution in [3.05, 3.63) is 86.1 Å². The molecule has 0 saturated carbocycles. The van der Waals surface area contributed by atoms with E-state index in [0.717, 1.165) is 37.5 Å². The summed E-state index contributed by atoms with van der Waals surface area (Å²) in [4.78, 5) is 27.6. The molecule has 0 bridgehead atoms. The number of carbonyl (C=O) groups excluding carboxylic acids is 1. The lowest BCUT2D eigenvalue weighted by molar-refractivity contribution is 0.0992. The smallest absolute Gasteiger partial charge is 0.168 e. The first-order chi connectivity index (χ1) is 15.2. The van der Waals surface area contributed by atoms with Crippen LogP contribution < -0.4 is 0 Å². The SMILES string of the molecule is Cc1nc(C)c(-c2csc(Cc3ccc(C(=O)Cc4ccc(C(C)(C)C)cc4)cn3)n2)s1. The second-order valence-electron chi connectivity index (χ2n) is 9.04. The number of aromatic nitrogens is 3. The first-order valence-electron chi connectivity index (χ1n) is 10.7. The molecule has 0 N–H and O–H groups in total. The number of rotatable bonds is 6. The molecular formula is C26H27N3OS2. The summed E-state index contributed by atoms with van der Waals surface area (Å²) in [6, 6.07) is 12.1. The summed E-state index contributed by atoms with van der Waals surface area (Å²) in [6.45, 7) is 10.6. The van der Waals surface area contributed by atoms with Gasteiger partial charge in [-0.05, 0) is 42.5 Å². The Morgan fingerprint density at radius 3 is 2.34 bits per heavy atom. The summed E-state index contributed by atoms with van der Waals surface area (Å²) in [5.41, 5.74) is 5.97. The van der Waals surface area contributed by atoms with E-state index in [-0.39, 0.29) is 11.2 Å². The Morgan fingerprint density at radius 1 is 1.00 bits per heavy atom. The molecule has 0 aliphatic heterocycles. The molecule has 4 rings (SSSR count). The number of benzene rings is 1. The van der Waals surface area contributed by atoms with Gasteiger partial charge in [0.1, 0.15) is 0 Å². The highest BCUT2D eigenvalue weighted by atomic mass is 32.1. The van der Waals surface area contributed by atoms with Crippen molar-refractivity contribution < 1.29 is 4.79 Å². The van der Waals surface area contributed by atoms with Gasteiger partial charge in [0, 0.05) is 35.7 Å². The molecule has 4 aromatic rings. The van der Waals surface area contributed by atoms with Crippen LogP contribution in [0.1, 0.15) is 63.7 Å². The molecule has 0 saturated heterocycles. The Labute approximate surface area is 197 Å². The van der Waals surface area contributed by atoms with Crippen LogP contribution in [-0.4, -0.2) is 20.7 Å². The molecule has 32 heavy (non-hydrogen) atoms. The van der Waals surface area contributed by atoms with E-state index in [4.69, 9.17) is 4.98 Å². The van der Waals surface area contributed by atoms with E-state index in [1.807, 2.05) is 38.1 Å². The molecule has 164 valence electrons. The minimum absolute atomic E-state index is 0.0835. The summed E-state index contributed by atoms with van der Waals surface area (Å²) in [5.74, 6) is 0.0835. The highest BCUT2D eigenvalue weighted by Crippen LogP contribution is 2.31. The lowest BCUT2D eigenvalue weighted by atomic mass is 9.86. The van der Waals surface area contributed by atoms with Gasteiger partial charge < -0.3 is 0 Å². The zero-order valence-corrected chi connectivity index (χ0v) is 20.7. The van der Waals surface area contributed by atoms with Gasteiger partial charge in [-0.2, -0.15) is 0 Å². The summed E-state index contributed by atoms with van der Waals surface area (Å²) in [5, 5.41) is 4.15. The molecule has 3 heterocycles. The molecule has 4 nitrogen and oxygen atoms in total. The van der Waals surface area contributed by atoms with Crippen molar-refractivity contribution in [2.75, 3.05) is 0 Å². The molecule has 1 aromatic carbocycles. The van der Waals surface area contributed by atoms with Gasteiger partial charge in [0.2, 0.25) is 0 Å². The molecule has 0 atom stereocenters. The van der Waals surface area contributed by atoms with Crippen molar-refractivity contribution in [3.63, 3.8) is 0 Å². The monoisotopic (exact) mass is 461 g/mol. The van der Waals surface area contributed by atoms with Gasteiger partial charge >= 0.3 is 0 Å². The lowest BCUT2D eigenvalue weighted by Crippen LogP contribution is -2.11. The minimum atomic E-state index is 0.0835. The van der Waals surface area contributed by atoms with Crippen LogP contribution in [0.3, 0.4) is 0 Å². The third-order valence-corrected chi connectivity index (χ3v) is 7.30. The van der Waals surface area contributed by atoms with E-state index in [0.29, 0.717) is 18.4 Å². The first kappa shape index (κ1) is 22.5. The topological polar surface area (TPSA) is 55.7 Å². The highest BCUT2D eigenvalue weighted by molar-refractivity contribution is 7.16. The maximum atomic E-state index is 12.7. The summed E-state index contributed by atoms with van der Waals surface area (Å²) in [7, 11) is 0. The maximum absolute atomic E-state index is 12.7. The van der Waals surface area contributed by atoms with Gasteiger partial charge in [0.05, 0.1) is 26.3 Å². The number of hydrogen-bond acceptors (Lipinski definition) is 6. The second-order valence-corrected chi connectivity index (χ2v) is 11.2. The third-order valence-electron chi connectivity index (χ3n) is 5.35. The molecule has 3 aromatic heterocycles. The van der Waals surface area contributed by atoms with E-state index in [1.165, 1.54) is 5.56 Å². The number of pyridine rings is 1. The van der Waals surface area contributed by atoms with Gasteiger partial charge in [0.15, 0.2) is 5.78 Å². The lowest BCUT2D eigenvalue weighted by Gasteiger charge is -2.19. The molecule has 0 amide bonds. The van der Waals surface area contributed by atoms with Crippen molar-refractivity contribution in [2.45, 2.75) is 52.9 Å². The van der Waals surface area contributed by atoms with Crippen molar-refractivity contribution >= 4 is 28.5 Å². The van der Waals surface area contributed by atoms with Crippen molar-refractivity contribution in [2.24, 2.45) is 0 Å². The summed E-state index contributed by atoms with van der Waals surface area (Å²) in [6.07, 6.45) is 2.73. The van der Waals surface area contributed by atoms with E-state index in [2.05, 4.69) is 48.3 Å². The Morgan fingerprint density at radius 2 is 1.75 bits per heavy atom. The van der Waals surface area contributed by atoms with Crippen LogP contribution in [0.2, 0.25) is 0 Å². The molecule has 0 spiro atoms. The number of nitrogens with zero attached hydrogens (tertiary/aromatic N) is 3. The van der Waals surface area contributed by atoms with Gasteiger partial charge in [-0.1, -0.05) is 45.0 Å². The van der Waals surface area contributed by atoms with Gasteiger partial charge in [-0.3, -0.25) is 9.78 Å². The molecule has 0 radical (unpaired) electrons. The Kier molecular flexibility index (Phi) is 6.35. The van der Waals surface area contributed by atoms with E-state index in [9.17, 15) is 4.79 Å². The number of thiazole rings is 2. The van der Waals surface area contributed by atoms with Gasteiger partial charge in [0.25, 0.3) is 0 Å². The van der Waals surface area contributed by atoms with Crippen LogP contribution in [-0.2, 0) is 18.3 Å². The number of carbonyl (C=O) groups is 1. The standard InChI is InChI=1S/C26H27N3OS2/c1-16-25(32-17(2)28-16)22-15-31-24(29-22)13-21-11-8-19(14-27-21)23(30)12-18-6-9-20(10-7-18)26(3,4)5/h6-11,14-15H,12-13H2,1-5H3. The van der Waals surface area contributed by atoms with Crippen molar-refractivity contribution in [3.8, 4) is 10.6 Å². The second kappa shape index (κ2) is 9.04. The number of aryl methyl sites for hydroxylation is 2. The predicted molar refractivity (Wildman–Crippen MR) is 133 cm³/mol. The van der Waals surface area contributed by atoms with E-state index >= 15 is 0 Å². The largest absolute Gasteiger partial charge is 0.294 e. The van der Waals surface area contributed by atoms with Crippen LogP contribution in [0.15, 0.2) is 48.0 Å². The average molecular weight is 462 g/mol. The van der Waals surface area contributed by atoms with Crippen LogP contribution in [0.4, 0.5) is 0 Å². The Bertz CT molecular complexity index is 1230. The molecule has 0 unspecified atom stereocenters. The number of Topliss-reactive ketones (excluding diaryl/α,β-unsaturated/α-hetero) is 1. The highest BCUT2D eigenvalue weighted by Gasteiger charge is 2.15. The predicted octanol–water partition coefficient (Wildman–Crippen LogP) is 6.59. The first-order valence-corrected chi connectivity index (χ1v) is 12.3. The van der Waals surface area contributed by atoms with E-state index in [1.54, 1.807) is 28.9 Å². The molecule has 0 aliphatic carbocycles. The van der Waals surface area contributed by atoms with E-state index < -0.39 is 0 Å². The molecule has 0 fully saturated rings. The molecule has 0 aliphatic rings. The molecular weight excluding hydrogens is 434 g/mol. The summed E-state index contributed by atoms with van der Waals surface area (Å²) >= 11 is 3.31. The fraction of sp³-hybridized carbons (Fsp3) is 0.308. The zero-order chi connectivity index (χ0) is 22.9. The fourth-order valence-corrected chi connectivity index (χ4v) is 5.28. The number of ketones is 1. The van der Waals surface area contributed by atoms with Crippen molar-refractivity contribution in [1.29, 1.82) is 0 Å². The van der Waals surface area contributed by atoms with Crippen molar-refractivity contribution in [1.82, 2.24) is 15.0 Å². The zero-order valence-electron chi connectivity index (χ0n) is 19.1. The normalized spacial score (nSPS) is 11.7. The molecule has 6 heteroatoms.